The Kier molecular flexibility index (Phi) is 5.51. The molecule has 16 heavy (non-hydrogen) atoms. The van der Waals surface area contributed by atoms with E-state index in [2.05, 4.69) is 0 Å². The van der Waals surface area contributed by atoms with Crippen LogP contribution in [0.1, 0.15) is 19.4 Å². The molecule has 0 heterocycles. The van der Waals surface area contributed by atoms with E-state index in [9.17, 15) is 4.79 Å². The van der Waals surface area contributed by atoms with Gasteiger partial charge in [-0.2, -0.15) is 0 Å². The molecular weight excluding hydrogens is 200 g/mol. The Morgan fingerprint density at radius 1 is 1.31 bits per heavy atom. The maximum atomic E-state index is 11.2. The van der Waals surface area contributed by atoms with Crippen LogP contribution in [0.3, 0.4) is 0 Å². The smallest absolute Gasteiger partial charge is 0.160 e. The summed E-state index contributed by atoms with van der Waals surface area (Å²) in [4.78, 5) is 11.2. The first-order valence-corrected chi connectivity index (χ1v) is 5.52. The molecule has 2 heteroatoms. The predicted octanol–water partition coefficient (Wildman–Crippen LogP) is 2.94. The van der Waals surface area contributed by atoms with Crippen molar-refractivity contribution in [3.05, 3.63) is 42.0 Å². The fraction of sp³-hybridized carbons (Fsp3) is 0.357. The maximum absolute atomic E-state index is 11.2. The van der Waals surface area contributed by atoms with Crippen LogP contribution in [0, 0.1) is 5.92 Å². The van der Waals surface area contributed by atoms with Gasteiger partial charge in [0.1, 0.15) is 6.61 Å². The number of hydrogen-bond acceptors (Lipinski definition) is 2. The zero-order chi connectivity index (χ0) is 11.8. The molecule has 0 unspecified atom stereocenters. The number of hydrogen-bond donors (Lipinski definition) is 0. The summed E-state index contributed by atoms with van der Waals surface area (Å²) in [6.07, 6.45) is 3.91. The van der Waals surface area contributed by atoms with Crippen LogP contribution in [0.2, 0.25) is 0 Å². The van der Waals surface area contributed by atoms with Gasteiger partial charge in [0.15, 0.2) is 5.78 Å². The van der Waals surface area contributed by atoms with Crippen molar-refractivity contribution in [3.8, 4) is 0 Å². The number of carbonyl (C=O) groups is 1. The Morgan fingerprint density at radius 2 is 2.00 bits per heavy atom. The minimum atomic E-state index is 0.0538. The van der Waals surface area contributed by atoms with Crippen LogP contribution >= 0.6 is 0 Å². The minimum absolute atomic E-state index is 0.0538. The van der Waals surface area contributed by atoms with Gasteiger partial charge in [0.25, 0.3) is 0 Å². The Balaban J connectivity index is 2.21. The first-order chi connectivity index (χ1) is 7.70. The molecule has 0 N–H and O–H groups in total. The van der Waals surface area contributed by atoms with Crippen LogP contribution in [0.5, 0.6) is 0 Å². The van der Waals surface area contributed by atoms with Crippen molar-refractivity contribution in [2.45, 2.75) is 13.8 Å². The molecule has 0 amide bonds. The summed E-state index contributed by atoms with van der Waals surface area (Å²) in [5.41, 5.74) is 1.14. The Labute approximate surface area is 96.9 Å². The summed E-state index contributed by atoms with van der Waals surface area (Å²) in [7, 11) is 0. The monoisotopic (exact) mass is 218 g/mol. The number of ketones is 1. The second-order valence-electron chi connectivity index (χ2n) is 3.95. The zero-order valence-corrected chi connectivity index (χ0v) is 9.85. The first-order valence-electron chi connectivity index (χ1n) is 5.52. The van der Waals surface area contributed by atoms with Gasteiger partial charge in [-0.3, -0.25) is 4.79 Å². The van der Waals surface area contributed by atoms with Gasteiger partial charge in [-0.25, -0.2) is 0 Å². The fourth-order valence-corrected chi connectivity index (χ4v) is 1.14. The quantitative estimate of drug-likeness (QED) is 0.686. The van der Waals surface area contributed by atoms with E-state index in [4.69, 9.17) is 4.74 Å². The van der Waals surface area contributed by atoms with Gasteiger partial charge in [0.2, 0.25) is 0 Å². The van der Waals surface area contributed by atoms with Crippen molar-refractivity contribution < 1.29 is 9.53 Å². The second-order valence-corrected chi connectivity index (χ2v) is 3.95. The molecule has 0 aliphatic rings. The highest BCUT2D eigenvalue weighted by Gasteiger charge is 2.05. The normalized spacial score (nSPS) is 11.2. The maximum Gasteiger partial charge on any atom is 0.160 e. The van der Waals surface area contributed by atoms with Crippen LogP contribution in [-0.4, -0.2) is 19.0 Å². The number of carbonyl (C=O) groups excluding carboxylic acids is 1. The van der Waals surface area contributed by atoms with Crippen LogP contribution in [0.4, 0.5) is 0 Å². The van der Waals surface area contributed by atoms with Gasteiger partial charge in [-0.15, -0.1) is 0 Å². The van der Waals surface area contributed by atoms with Gasteiger partial charge in [-0.05, 0) is 5.56 Å². The SMILES string of the molecule is CC(C)C(=O)COCC=Cc1ccccc1. The van der Waals surface area contributed by atoms with E-state index in [0.29, 0.717) is 6.61 Å². The van der Waals surface area contributed by atoms with Crippen molar-refractivity contribution in [2.24, 2.45) is 5.92 Å². The lowest BCUT2D eigenvalue weighted by Crippen LogP contribution is -2.14. The third kappa shape index (κ3) is 4.89. The van der Waals surface area contributed by atoms with E-state index >= 15 is 0 Å². The molecule has 0 spiro atoms. The highest BCUT2D eigenvalue weighted by Crippen LogP contribution is 2.00. The fourth-order valence-electron chi connectivity index (χ4n) is 1.14. The van der Waals surface area contributed by atoms with Crippen molar-refractivity contribution in [2.75, 3.05) is 13.2 Å². The molecule has 1 aromatic carbocycles. The Bertz CT molecular complexity index is 339. The highest BCUT2D eigenvalue weighted by atomic mass is 16.5. The summed E-state index contributed by atoms with van der Waals surface area (Å²) in [5, 5.41) is 0. The lowest BCUT2D eigenvalue weighted by molar-refractivity contribution is -0.126. The third-order valence-electron chi connectivity index (χ3n) is 2.21. The molecule has 86 valence electrons. The van der Waals surface area contributed by atoms with Crippen molar-refractivity contribution >= 4 is 11.9 Å². The number of benzene rings is 1. The van der Waals surface area contributed by atoms with Gasteiger partial charge in [0, 0.05) is 5.92 Å². The van der Waals surface area contributed by atoms with Crippen LogP contribution in [0.15, 0.2) is 36.4 Å². The van der Waals surface area contributed by atoms with E-state index in [-0.39, 0.29) is 18.3 Å². The van der Waals surface area contributed by atoms with E-state index in [1.807, 2.05) is 56.3 Å². The summed E-state index contributed by atoms with van der Waals surface area (Å²) in [6.45, 7) is 4.45. The summed E-state index contributed by atoms with van der Waals surface area (Å²) in [6, 6.07) is 10.0. The molecule has 1 rings (SSSR count). The molecule has 0 aliphatic carbocycles. The lowest BCUT2D eigenvalue weighted by Gasteiger charge is -2.03. The Hall–Kier alpha value is -1.41. The number of Topliss-reactive ketones (excluding diaryl/α,β-unsaturated/α-hetero) is 1. The van der Waals surface area contributed by atoms with E-state index in [1.54, 1.807) is 0 Å². The van der Waals surface area contributed by atoms with Crippen molar-refractivity contribution in [1.29, 1.82) is 0 Å². The zero-order valence-electron chi connectivity index (χ0n) is 9.85. The van der Waals surface area contributed by atoms with Crippen molar-refractivity contribution in [3.63, 3.8) is 0 Å². The van der Waals surface area contributed by atoms with Gasteiger partial charge in [0.05, 0.1) is 6.61 Å². The molecule has 0 aromatic heterocycles. The lowest BCUT2D eigenvalue weighted by atomic mass is 10.1. The van der Waals surface area contributed by atoms with Gasteiger partial charge in [-0.1, -0.05) is 56.3 Å². The van der Waals surface area contributed by atoms with Crippen LogP contribution in [-0.2, 0) is 9.53 Å². The largest absolute Gasteiger partial charge is 0.370 e. The van der Waals surface area contributed by atoms with Crippen LogP contribution < -0.4 is 0 Å². The second kappa shape index (κ2) is 6.96. The molecule has 0 bridgehead atoms. The topological polar surface area (TPSA) is 26.3 Å². The van der Waals surface area contributed by atoms with Gasteiger partial charge < -0.3 is 4.74 Å². The minimum Gasteiger partial charge on any atom is -0.370 e. The molecule has 0 saturated heterocycles. The van der Waals surface area contributed by atoms with E-state index < -0.39 is 0 Å². The molecule has 0 saturated carbocycles. The predicted molar refractivity (Wildman–Crippen MR) is 66.1 cm³/mol. The van der Waals surface area contributed by atoms with Crippen molar-refractivity contribution in [1.82, 2.24) is 0 Å². The average molecular weight is 218 g/mol. The molecule has 0 radical (unpaired) electrons. The average Bonchev–Trinajstić information content (AvgIpc) is 2.29. The molecule has 0 atom stereocenters. The first kappa shape index (κ1) is 12.7. The summed E-state index contributed by atoms with van der Waals surface area (Å²) < 4.78 is 5.24. The summed E-state index contributed by atoms with van der Waals surface area (Å²) in [5.74, 6) is 0.200. The standard InChI is InChI=1S/C14H18O2/c1-12(2)14(15)11-16-10-6-9-13-7-4-3-5-8-13/h3-9,12H,10-11H2,1-2H3. The molecule has 0 fully saturated rings. The third-order valence-corrected chi connectivity index (χ3v) is 2.21. The number of ether oxygens (including phenoxy) is 1. The molecule has 0 aliphatic heterocycles. The molecule has 1 aromatic rings. The van der Waals surface area contributed by atoms with E-state index in [1.165, 1.54) is 0 Å². The molecule has 2 nitrogen and oxygen atoms in total. The van der Waals surface area contributed by atoms with E-state index in [0.717, 1.165) is 5.56 Å². The number of rotatable bonds is 6. The summed E-state index contributed by atoms with van der Waals surface area (Å²) >= 11 is 0. The Morgan fingerprint density at radius 3 is 2.62 bits per heavy atom. The van der Waals surface area contributed by atoms with Crippen LogP contribution in [0.25, 0.3) is 6.08 Å². The highest BCUT2D eigenvalue weighted by molar-refractivity contribution is 5.81. The molecular formula is C14H18O2. The van der Waals surface area contributed by atoms with Gasteiger partial charge >= 0.3 is 0 Å².